The van der Waals surface area contributed by atoms with E-state index in [-0.39, 0.29) is 0 Å². The summed E-state index contributed by atoms with van der Waals surface area (Å²) in [6, 6.07) is 13.0. The fourth-order valence-corrected chi connectivity index (χ4v) is 1.77. The van der Waals surface area contributed by atoms with Gasteiger partial charge >= 0.3 is 0 Å². The van der Waals surface area contributed by atoms with Crippen LogP contribution in [0.5, 0.6) is 11.5 Å². The number of carbonyl (C=O) groups excluding carboxylic acids is 1. The van der Waals surface area contributed by atoms with Crippen molar-refractivity contribution in [2.24, 2.45) is 0 Å². The van der Waals surface area contributed by atoms with E-state index in [1.54, 1.807) is 12.1 Å². The highest BCUT2D eigenvalue weighted by molar-refractivity contribution is 5.82. The molecule has 0 aliphatic rings. The molecule has 104 valence electrons. The van der Waals surface area contributed by atoms with Gasteiger partial charge in [0, 0.05) is 12.1 Å². The third-order valence-corrected chi connectivity index (χ3v) is 2.79. The van der Waals surface area contributed by atoms with Crippen molar-refractivity contribution in [3.05, 3.63) is 48.0 Å². The van der Waals surface area contributed by atoms with E-state index in [0.29, 0.717) is 35.9 Å². The van der Waals surface area contributed by atoms with Gasteiger partial charge in [0.1, 0.15) is 6.61 Å². The Kier molecular flexibility index (Phi) is 4.44. The minimum Gasteiger partial charge on any atom is -0.493 e. The summed E-state index contributed by atoms with van der Waals surface area (Å²) in [4.78, 5) is 10.5. The molecule has 5 nitrogen and oxygen atoms in total. The first-order valence-electron chi connectivity index (χ1n) is 6.09. The largest absolute Gasteiger partial charge is 0.493 e. The van der Waals surface area contributed by atoms with E-state index in [1.165, 1.54) is 7.11 Å². The second-order valence-electron chi connectivity index (χ2n) is 4.13. The zero-order chi connectivity index (χ0) is 14.4. The maximum Gasteiger partial charge on any atom is 0.211 e. The van der Waals surface area contributed by atoms with Crippen LogP contribution >= 0.6 is 0 Å². The topological polar surface area (TPSA) is 73.6 Å². The van der Waals surface area contributed by atoms with Crippen LogP contribution in [0.15, 0.2) is 42.5 Å². The van der Waals surface area contributed by atoms with Gasteiger partial charge in [0.05, 0.1) is 18.5 Å². The third kappa shape index (κ3) is 3.20. The summed E-state index contributed by atoms with van der Waals surface area (Å²) in [7, 11) is 1.53. The average molecular weight is 272 g/mol. The molecule has 0 radical (unpaired) electrons. The fourth-order valence-electron chi connectivity index (χ4n) is 1.77. The minimum absolute atomic E-state index is 0.414. The van der Waals surface area contributed by atoms with E-state index >= 15 is 0 Å². The number of methoxy groups -OCH3 is 1. The summed E-state index contributed by atoms with van der Waals surface area (Å²) >= 11 is 0. The number of hydrogen-bond donors (Lipinski definition) is 2. The monoisotopic (exact) mass is 272 g/mol. The molecule has 2 aromatic rings. The summed E-state index contributed by atoms with van der Waals surface area (Å²) in [5, 5.41) is 2.51. The molecule has 2 aromatic carbocycles. The van der Waals surface area contributed by atoms with Gasteiger partial charge in [0.25, 0.3) is 0 Å². The van der Waals surface area contributed by atoms with Crippen molar-refractivity contribution in [3.8, 4) is 11.5 Å². The number of benzene rings is 2. The first kappa shape index (κ1) is 13.7. The van der Waals surface area contributed by atoms with Crippen molar-refractivity contribution in [3.63, 3.8) is 0 Å². The van der Waals surface area contributed by atoms with Crippen molar-refractivity contribution in [1.82, 2.24) is 0 Å². The maximum absolute atomic E-state index is 10.5. The van der Waals surface area contributed by atoms with Crippen molar-refractivity contribution >= 4 is 17.8 Å². The number of amides is 1. The third-order valence-electron chi connectivity index (χ3n) is 2.79. The van der Waals surface area contributed by atoms with Crippen LogP contribution in [-0.2, 0) is 11.4 Å². The molecule has 0 saturated carbocycles. The molecule has 0 bridgehead atoms. The van der Waals surface area contributed by atoms with Crippen LogP contribution in [-0.4, -0.2) is 13.5 Å². The van der Waals surface area contributed by atoms with E-state index in [9.17, 15) is 4.79 Å². The number of anilines is 2. The molecular weight excluding hydrogens is 256 g/mol. The van der Waals surface area contributed by atoms with Crippen LogP contribution in [0, 0.1) is 0 Å². The smallest absolute Gasteiger partial charge is 0.211 e. The molecule has 5 heteroatoms. The van der Waals surface area contributed by atoms with E-state index in [1.807, 2.05) is 30.3 Å². The SMILES string of the molecule is COc1cc(NC=O)c(N)cc1OCc1ccccc1. The fraction of sp³-hybridized carbons (Fsp3) is 0.133. The molecule has 0 aromatic heterocycles. The zero-order valence-corrected chi connectivity index (χ0v) is 11.1. The van der Waals surface area contributed by atoms with Crippen LogP contribution in [0.3, 0.4) is 0 Å². The summed E-state index contributed by atoms with van der Waals surface area (Å²) < 4.78 is 10.9. The maximum atomic E-state index is 10.5. The van der Waals surface area contributed by atoms with Gasteiger partial charge in [-0.25, -0.2) is 0 Å². The molecule has 1 amide bonds. The van der Waals surface area contributed by atoms with Gasteiger partial charge in [-0.3, -0.25) is 4.79 Å². The standard InChI is InChI=1S/C15H16N2O3/c1-19-14-8-13(17-10-18)12(16)7-15(14)20-9-11-5-3-2-4-6-11/h2-8,10H,9,16H2,1H3,(H,17,18). The van der Waals surface area contributed by atoms with Crippen LogP contribution in [0.2, 0.25) is 0 Å². The molecule has 0 aliphatic heterocycles. The quantitative estimate of drug-likeness (QED) is 0.625. The molecule has 0 fully saturated rings. The minimum atomic E-state index is 0.414. The molecule has 0 spiro atoms. The molecule has 0 saturated heterocycles. The highest BCUT2D eigenvalue weighted by Gasteiger charge is 2.10. The number of nitrogens with one attached hydrogen (secondary N) is 1. The first-order chi connectivity index (χ1) is 9.74. The Balaban J connectivity index is 2.18. The molecular formula is C15H16N2O3. The molecule has 0 unspecified atom stereocenters. The zero-order valence-electron chi connectivity index (χ0n) is 11.1. The van der Waals surface area contributed by atoms with Gasteiger partial charge in [-0.1, -0.05) is 30.3 Å². The van der Waals surface area contributed by atoms with Crippen LogP contribution < -0.4 is 20.5 Å². The second-order valence-corrected chi connectivity index (χ2v) is 4.13. The highest BCUT2D eigenvalue weighted by atomic mass is 16.5. The Morgan fingerprint density at radius 3 is 2.60 bits per heavy atom. The summed E-state index contributed by atoms with van der Waals surface area (Å²) in [6.07, 6.45) is 0.565. The van der Waals surface area contributed by atoms with Crippen LogP contribution in [0.4, 0.5) is 11.4 Å². The lowest BCUT2D eigenvalue weighted by atomic mass is 10.2. The Morgan fingerprint density at radius 1 is 1.20 bits per heavy atom. The second kappa shape index (κ2) is 6.47. The molecule has 3 N–H and O–H groups in total. The van der Waals surface area contributed by atoms with E-state index < -0.39 is 0 Å². The Labute approximate surface area is 117 Å². The van der Waals surface area contributed by atoms with Crippen molar-refractivity contribution in [1.29, 1.82) is 0 Å². The lowest BCUT2D eigenvalue weighted by Crippen LogP contribution is -2.03. The average Bonchev–Trinajstić information content (AvgIpc) is 2.48. The number of nitrogen functional groups attached to an aromatic ring is 1. The number of nitrogens with two attached hydrogens (primary N) is 1. The van der Waals surface area contributed by atoms with Crippen LogP contribution in [0.25, 0.3) is 0 Å². The van der Waals surface area contributed by atoms with Crippen molar-refractivity contribution in [2.45, 2.75) is 6.61 Å². The van der Waals surface area contributed by atoms with E-state index in [4.69, 9.17) is 15.2 Å². The Hall–Kier alpha value is -2.69. The molecule has 0 aliphatic carbocycles. The van der Waals surface area contributed by atoms with Gasteiger partial charge in [0.15, 0.2) is 11.5 Å². The Bertz CT molecular complexity index is 585. The Morgan fingerprint density at radius 2 is 1.95 bits per heavy atom. The number of ether oxygens (including phenoxy) is 2. The summed E-state index contributed by atoms with van der Waals surface area (Å²) in [5.41, 5.74) is 7.79. The first-order valence-corrected chi connectivity index (χ1v) is 6.09. The molecule has 20 heavy (non-hydrogen) atoms. The number of carbonyl (C=O) groups is 1. The lowest BCUT2D eigenvalue weighted by molar-refractivity contribution is -0.105. The van der Waals surface area contributed by atoms with Crippen molar-refractivity contribution < 1.29 is 14.3 Å². The number of rotatable bonds is 6. The molecule has 2 rings (SSSR count). The highest BCUT2D eigenvalue weighted by Crippen LogP contribution is 2.35. The molecule has 0 atom stereocenters. The predicted octanol–water partition coefficient (Wildman–Crippen LogP) is 2.42. The van der Waals surface area contributed by atoms with Gasteiger partial charge in [-0.2, -0.15) is 0 Å². The van der Waals surface area contributed by atoms with E-state index in [2.05, 4.69) is 5.32 Å². The van der Waals surface area contributed by atoms with Gasteiger partial charge in [-0.15, -0.1) is 0 Å². The lowest BCUT2D eigenvalue weighted by Gasteiger charge is -2.14. The normalized spacial score (nSPS) is 9.85. The van der Waals surface area contributed by atoms with Gasteiger partial charge in [0.2, 0.25) is 6.41 Å². The number of hydrogen-bond acceptors (Lipinski definition) is 4. The van der Waals surface area contributed by atoms with Gasteiger partial charge in [-0.05, 0) is 5.56 Å². The van der Waals surface area contributed by atoms with E-state index in [0.717, 1.165) is 5.56 Å². The van der Waals surface area contributed by atoms with Crippen LogP contribution in [0.1, 0.15) is 5.56 Å². The summed E-state index contributed by atoms with van der Waals surface area (Å²) in [5.74, 6) is 1.05. The van der Waals surface area contributed by atoms with Crippen molar-refractivity contribution in [2.75, 3.05) is 18.2 Å². The predicted molar refractivity (Wildman–Crippen MR) is 77.9 cm³/mol. The summed E-state index contributed by atoms with van der Waals surface area (Å²) in [6.45, 7) is 0.414. The molecule has 0 heterocycles. The van der Waals surface area contributed by atoms with Gasteiger partial charge < -0.3 is 20.5 Å².